The Hall–Kier alpha value is -0.120. The average Bonchev–Trinajstić information content (AvgIpc) is 2.18. The molecule has 1 saturated heterocycles. The Morgan fingerprint density at radius 2 is 2.13 bits per heavy atom. The standard InChI is InChI=1S/C12H24N2O/c1-9-8-15-10(2)7-14(9)12-5-4-11(12)6-13-3/h9-13H,4-8H2,1-3H3. The van der Waals surface area contributed by atoms with Crippen LogP contribution in [0.5, 0.6) is 0 Å². The molecule has 0 aromatic heterocycles. The third-order valence-electron chi connectivity index (χ3n) is 3.93. The Bertz CT molecular complexity index is 210. The molecular weight excluding hydrogens is 188 g/mol. The number of rotatable bonds is 3. The van der Waals surface area contributed by atoms with E-state index in [2.05, 4.69) is 31.1 Å². The molecule has 1 N–H and O–H groups in total. The van der Waals surface area contributed by atoms with Gasteiger partial charge in [0.2, 0.25) is 0 Å². The second-order valence-electron chi connectivity index (χ2n) is 5.15. The van der Waals surface area contributed by atoms with Crippen molar-refractivity contribution in [3.05, 3.63) is 0 Å². The van der Waals surface area contributed by atoms with Crippen LogP contribution in [0.4, 0.5) is 0 Å². The van der Waals surface area contributed by atoms with Crippen LogP contribution in [0.3, 0.4) is 0 Å². The van der Waals surface area contributed by atoms with Gasteiger partial charge in [0.25, 0.3) is 0 Å². The smallest absolute Gasteiger partial charge is 0.0674 e. The van der Waals surface area contributed by atoms with E-state index in [9.17, 15) is 0 Å². The molecule has 0 bridgehead atoms. The summed E-state index contributed by atoms with van der Waals surface area (Å²) in [4.78, 5) is 2.67. The molecule has 4 unspecified atom stereocenters. The SMILES string of the molecule is CNCC1CCC1N1CC(C)OCC1C. The lowest BCUT2D eigenvalue weighted by Gasteiger charge is -2.50. The van der Waals surface area contributed by atoms with Gasteiger partial charge in [0.1, 0.15) is 0 Å². The summed E-state index contributed by atoms with van der Waals surface area (Å²) in [5.74, 6) is 0.864. The van der Waals surface area contributed by atoms with Gasteiger partial charge in [0, 0.05) is 18.6 Å². The summed E-state index contributed by atoms with van der Waals surface area (Å²) in [7, 11) is 2.06. The van der Waals surface area contributed by atoms with E-state index in [0.29, 0.717) is 12.1 Å². The minimum absolute atomic E-state index is 0.414. The van der Waals surface area contributed by atoms with E-state index < -0.39 is 0 Å². The van der Waals surface area contributed by atoms with Crippen molar-refractivity contribution in [2.45, 2.75) is 44.9 Å². The van der Waals surface area contributed by atoms with Crippen LogP contribution in [0.2, 0.25) is 0 Å². The minimum atomic E-state index is 0.414. The zero-order chi connectivity index (χ0) is 10.8. The Morgan fingerprint density at radius 1 is 1.33 bits per heavy atom. The summed E-state index contributed by atoms with van der Waals surface area (Å²) in [5.41, 5.74) is 0. The van der Waals surface area contributed by atoms with Crippen molar-refractivity contribution in [2.24, 2.45) is 5.92 Å². The van der Waals surface area contributed by atoms with Gasteiger partial charge in [-0.15, -0.1) is 0 Å². The number of morpholine rings is 1. The van der Waals surface area contributed by atoms with Gasteiger partial charge in [0.05, 0.1) is 12.7 Å². The number of nitrogens with zero attached hydrogens (tertiary/aromatic N) is 1. The Morgan fingerprint density at radius 3 is 2.73 bits per heavy atom. The molecular formula is C12H24N2O. The van der Waals surface area contributed by atoms with Gasteiger partial charge in [-0.1, -0.05) is 0 Å². The largest absolute Gasteiger partial charge is 0.376 e. The van der Waals surface area contributed by atoms with Crippen LogP contribution in [0.15, 0.2) is 0 Å². The highest BCUT2D eigenvalue weighted by atomic mass is 16.5. The minimum Gasteiger partial charge on any atom is -0.376 e. The van der Waals surface area contributed by atoms with Gasteiger partial charge < -0.3 is 10.1 Å². The Kier molecular flexibility index (Phi) is 3.65. The fraction of sp³-hybridized carbons (Fsp3) is 1.00. The Labute approximate surface area is 93.2 Å². The summed E-state index contributed by atoms with van der Waals surface area (Å²) >= 11 is 0. The highest BCUT2D eigenvalue weighted by Crippen LogP contribution is 2.34. The molecule has 3 heteroatoms. The highest BCUT2D eigenvalue weighted by Gasteiger charge is 2.39. The number of hydrogen-bond donors (Lipinski definition) is 1. The average molecular weight is 212 g/mol. The fourth-order valence-corrected chi connectivity index (χ4v) is 2.88. The predicted octanol–water partition coefficient (Wildman–Crippen LogP) is 1.09. The lowest BCUT2D eigenvalue weighted by molar-refractivity contribution is -0.0924. The molecule has 2 fully saturated rings. The van der Waals surface area contributed by atoms with Crippen LogP contribution >= 0.6 is 0 Å². The monoisotopic (exact) mass is 212 g/mol. The van der Waals surface area contributed by atoms with E-state index in [1.54, 1.807) is 0 Å². The van der Waals surface area contributed by atoms with E-state index in [-0.39, 0.29) is 0 Å². The van der Waals surface area contributed by atoms with E-state index in [1.165, 1.54) is 19.4 Å². The quantitative estimate of drug-likeness (QED) is 0.758. The highest BCUT2D eigenvalue weighted by molar-refractivity contribution is 4.93. The molecule has 0 amide bonds. The lowest BCUT2D eigenvalue weighted by Crippen LogP contribution is -2.58. The molecule has 3 nitrogen and oxygen atoms in total. The second-order valence-corrected chi connectivity index (χ2v) is 5.15. The van der Waals surface area contributed by atoms with Crippen LogP contribution in [0.1, 0.15) is 26.7 Å². The Balaban J connectivity index is 1.90. The molecule has 0 spiro atoms. The summed E-state index contributed by atoms with van der Waals surface area (Å²) in [5, 5.41) is 3.31. The van der Waals surface area contributed by atoms with Crippen molar-refractivity contribution in [3.8, 4) is 0 Å². The second kappa shape index (κ2) is 4.81. The molecule has 0 radical (unpaired) electrons. The van der Waals surface area contributed by atoms with E-state index in [4.69, 9.17) is 4.74 Å². The van der Waals surface area contributed by atoms with Gasteiger partial charge in [-0.05, 0) is 46.2 Å². The molecule has 1 heterocycles. The van der Waals surface area contributed by atoms with Crippen LogP contribution in [-0.4, -0.2) is 49.8 Å². The van der Waals surface area contributed by atoms with Crippen LogP contribution in [0.25, 0.3) is 0 Å². The first-order valence-corrected chi connectivity index (χ1v) is 6.24. The van der Waals surface area contributed by atoms with Gasteiger partial charge in [-0.25, -0.2) is 0 Å². The third kappa shape index (κ3) is 2.35. The molecule has 4 atom stereocenters. The van der Waals surface area contributed by atoms with Crippen LogP contribution in [-0.2, 0) is 4.74 Å². The van der Waals surface area contributed by atoms with E-state index in [0.717, 1.165) is 25.1 Å². The predicted molar refractivity (Wildman–Crippen MR) is 62.0 cm³/mol. The first-order chi connectivity index (χ1) is 7.22. The van der Waals surface area contributed by atoms with Gasteiger partial charge >= 0.3 is 0 Å². The van der Waals surface area contributed by atoms with Crippen molar-refractivity contribution in [1.82, 2.24) is 10.2 Å². The van der Waals surface area contributed by atoms with Gasteiger partial charge in [0.15, 0.2) is 0 Å². The van der Waals surface area contributed by atoms with Crippen molar-refractivity contribution in [3.63, 3.8) is 0 Å². The molecule has 2 rings (SSSR count). The molecule has 2 aliphatic rings. The summed E-state index contributed by atoms with van der Waals surface area (Å²) < 4.78 is 5.68. The van der Waals surface area contributed by atoms with Crippen molar-refractivity contribution >= 4 is 0 Å². The number of nitrogens with one attached hydrogen (secondary N) is 1. The maximum atomic E-state index is 5.68. The van der Waals surface area contributed by atoms with Crippen LogP contribution < -0.4 is 5.32 Å². The van der Waals surface area contributed by atoms with Crippen molar-refractivity contribution in [2.75, 3.05) is 26.7 Å². The zero-order valence-electron chi connectivity index (χ0n) is 10.2. The number of ether oxygens (including phenoxy) is 1. The maximum absolute atomic E-state index is 5.68. The van der Waals surface area contributed by atoms with Gasteiger partial charge in [-0.2, -0.15) is 0 Å². The third-order valence-corrected chi connectivity index (χ3v) is 3.93. The molecule has 1 aliphatic carbocycles. The summed E-state index contributed by atoms with van der Waals surface area (Å²) in [6, 6.07) is 1.41. The first kappa shape index (κ1) is 11.4. The molecule has 0 aromatic rings. The number of hydrogen-bond acceptors (Lipinski definition) is 3. The fourth-order valence-electron chi connectivity index (χ4n) is 2.88. The molecule has 88 valence electrons. The molecule has 15 heavy (non-hydrogen) atoms. The summed E-state index contributed by atoms with van der Waals surface area (Å²) in [6.07, 6.45) is 3.19. The first-order valence-electron chi connectivity index (χ1n) is 6.24. The molecule has 1 saturated carbocycles. The van der Waals surface area contributed by atoms with E-state index in [1.807, 2.05) is 0 Å². The topological polar surface area (TPSA) is 24.5 Å². The molecule has 0 aromatic carbocycles. The van der Waals surface area contributed by atoms with Gasteiger partial charge in [-0.3, -0.25) is 4.90 Å². The maximum Gasteiger partial charge on any atom is 0.0674 e. The van der Waals surface area contributed by atoms with Crippen LogP contribution in [0, 0.1) is 5.92 Å². The van der Waals surface area contributed by atoms with Crippen molar-refractivity contribution in [1.29, 1.82) is 0 Å². The zero-order valence-corrected chi connectivity index (χ0v) is 10.2. The lowest BCUT2D eigenvalue weighted by atomic mass is 9.77. The molecule has 1 aliphatic heterocycles. The normalized spacial score (nSPS) is 42.6. The van der Waals surface area contributed by atoms with E-state index >= 15 is 0 Å². The van der Waals surface area contributed by atoms with Crippen molar-refractivity contribution < 1.29 is 4.74 Å². The summed E-state index contributed by atoms with van der Waals surface area (Å²) in [6.45, 7) is 7.67.